The van der Waals surface area contributed by atoms with Crippen LogP contribution in [0.25, 0.3) is 5.69 Å². The summed E-state index contributed by atoms with van der Waals surface area (Å²) in [6, 6.07) is 13.4. The molecule has 21 heavy (non-hydrogen) atoms. The minimum absolute atomic E-state index is 0.0199. The molecule has 0 unspecified atom stereocenters. The Morgan fingerprint density at radius 3 is 2.57 bits per heavy atom. The van der Waals surface area contributed by atoms with Gasteiger partial charge in [0, 0.05) is 11.8 Å². The molecule has 0 bridgehead atoms. The molecule has 0 aliphatic carbocycles. The molecule has 0 saturated carbocycles. The lowest BCUT2D eigenvalue weighted by molar-refractivity contribution is 0.103. The van der Waals surface area contributed by atoms with E-state index in [0.29, 0.717) is 5.56 Å². The normalized spacial score (nSPS) is 10.5. The van der Waals surface area contributed by atoms with Crippen LogP contribution in [-0.4, -0.2) is 15.6 Å². The van der Waals surface area contributed by atoms with Crippen molar-refractivity contribution in [2.45, 2.75) is 0 Å². The highest BCUT2D eigenvalue weighted by molar-refractivity contribution is 6.08. The Kier molecular flexibility index (Phi) is 3.23. The minimum atomic E-state index is -0.601. The van der Waals surface area contributed by atoms with E-state index in [1.54, 1.807) is 10.9 Å². The zero-order chi connectivity index (χ0) is 14.8. The van der Waals surface area contributed by atoms with Crippen molar-refractivity contribution in [2.75, 3.05) is 5.73 Å². The number of para-hydroxylation sites is 1. The number of nitrogens with two attached hydrogens (primary N) is 1. The first-order valence-electron chi connectivity index (χ1n) is 6.35. The van der Waals surface area contributed by atoms with Gasteiger partial charge in [0.2, 0.25) is 0 Å². The van der Waals surface area contributed by atoms with Crippen LogP contribution in [0.1, 0.15) is 15.9 Å². The van der Waals surface area contributed by atoms with Crippen molar-refractivity contribution in [3.63, 3.8) is 0 Å². The molecular weight excluding hydrogens is 269 g/mol. The molecule has 0 radical (unpaired) electrons. The molecule has 0 spiro atoms. The van der Waals surface area contributed by atoms with Gasteiger partial charge >= 0.3 is 0 Å². The van der Waals surface area contributed by atoms with E-state index in [-0.39, 0.29) is 17.0 Å². The third-order valence-electron chi connectivity index (χ3n) is 3.13. The molecule has 5 heteroatoms. The number of nitrogen functional groups attached to an aromatic ring is 1. The molecule has 4 nitrogen and oxygen atoms in total. The van der Waals surface area contributed by atoms with Gasteiger partial charge in [0.05, 0.1) is 23.1 Å². The molecule has 104 valence electrons. The first-order chi connectivity index (χ1) is 10.1. The highest BCUT2D eigenvalue weighted by Crippen LogP contribution is 2.16. The molecule has 2 aromatic carbocycles. The zero-order valence-corrected chi connectivity index (χ0v) is 11.0. The third-order valence-corrected chi connectivity index (χ3v) is 3.13. The maximum absolute atomic E-state index is 13.4. The lowest BCUT2D eigenvalue weighted by Gasteiger charge is -2.01. The van der Waals surface area contributed by atoms with Crippen molar-refractivity contribution >= 4 is 11.5 Å². The fraction of sp³-hybridized carbons (Fsp3) is 0. The third kappa shape index (κ3) is 2.53. The number of ketones is 1. The van der Waals surface area contributed by atoms with E-state index in [1.165, 1.54) is 18.3 Å². The number of hydrogen-bond donors (Lipinski definition) is 1. The summed E-state index contributed by atoms with van der Waals surface area (Å²) in [6.45, 7) is 0. The highest BCUT2D eigenvalue weighted by Gasteiger charge is 2.13. The Hall–Kier alpha value is -2.95. The Labute approximate surface area is 120 Å². The SMILES string of the molecule is Nc1ccc(C(=O)c2cnn(-c3ccccc3)c2)cc1F. The summed E-state index contributed by atoms with van der Waals surface area (Å²) in [7, 11) is 0. The van der Waals surface area contributed by atoms with Gasteiger partial charge in [0.25, 0.3) is 0 Å². The van der Waals surface area contributed by atoms with Crippen molar-refractivity contribution in [3.8, 4) is 5.69 Å². The monoisotopic (exact) mass is 281 g/mol. The molecule has 2 N–H and O–H groups in total. The number of carbonyl (C=O) groups is 1. The van der Waals surface area contributed by atoms with E-state index in [2.05, 4.69) is 5.10 Å². The van der Waals surface area contributed by atoms with Gasteiger partial charge < -0.3 is 5.73 Å². The second-order valence-corrected chi connectivity index (χ2v) is 4.57. The molecule has 3 aromatic rings. The molecule has 0 fully saturated rings. The van der Waals surface area contributed by atoms with Crippen molar-refractivity contribution in [1.29, 1.82) is 0 Å². The van der Waals surface area contributed by atoms with Crippen molar-refractivity contribution < 1.29 is 9.18 Å². The number of anilines is 1. The predicted molar refractivity (Wildman–Crippen MR) is 77.8 cm³/mol. The predicted octanol–water partition coefficient (Wildman–Crippen LogP) is 2.82. The van der Waals surface area contributed by atoms with Crippen molar-refractivity contribution in [1.82, 2.24) is 9.78 Å². The van der Waals surface area contributed by atoms with Gasteiger partial charge in [-0.2, -0.15) is 5.10 Å². The highest BCUT2D eigenvalue weighted by atomic mass is 19.1. The Bertz CT molecular complexity index is 796. The Morgan fingerprint density at radius 2 is 1.86 bits per heavy atom. The van der Waals surface area contributed by atoms with Gasteiger partial charge in [-0.25, -0.2) is 9.07 Å². The van der Waals surface area contributed by atoms with Crippen LogP contribution in [0.5, 0.6) is 0 Å². The average molecular weight is 281 g/mol. The van der Waals surface area contributed by atoms with E-state index in [1.807, 2.05) is 30.3 Å². The maximum atomic E-state index is 13.4. The van der Waals surface area contributed by atoms with Gasteiger partial charge in [0.15, 0.2) is 5.78 Å². The quantitative estimate of drug-likeness (QED) is 0.593. The molecule has 1 heterocycles. The number of nitrogens with zero attached hydrogens (tertiary/aromatic N) is 2. The van der Waals surface area contributed by atoms with Crippen LogP contribution in [-0.2, 0) is 0 Å². The van der Waals surface area contributed by atoms with Gasteiger partial charge in [-0.05, 0) is 30.3 Å². The molecule has 0 atom stereocenters. The summed E-state index contributed by atoms with van der Waals surface area (Å²) < 4.78 is 15.0. The smallest absolute Gasteiger partial charge is 0.196 e. The summed E-state index contributed by atoms with van der Waals surface area (Å²) in [4.78, 5) is 12.3. The fourth-order valence-corrected chi connectivity index (χ4v) is 2.00. The van der Waals surface area contributed by atoms with Crippen LogP contribution in [0, 0.1) is 5.82 Å². The van der Waals surface area contributed by atoms with Crippen molar-refractivity contribution in [2.24, 2.45) is 0 Å². The van der Waals surface area contributed by atoms with E-state index >= 15 is 0 Å². The summed E-state index contributed by atoms with van der Waals surface area (Å²) in [5.74, 6) is -0.896. The van der Waals surface area contributed by atoms with Gasteiger partial charge in [-0.1, -0.05) is 18.2 Å². The maximum Gasteiger partial charge on any atom is 0.196 e. The van der Waals surface area contributed by atoms with Gasteiger partial charge in [-0.15, -0.1) is 0 Å². The Balaban J connectivity index is 1.92. The van der Waals surface area contributed by atoms with E-state index in [0.717, 1.165) is 11.8 Å². The number of carbonyl (C=O) groups excluding carboxylic acids is 1. The van der Waals surface area contributed by atoms with E-state index in [4.69, 9.17) is 5.73 Å². The molecule has 0 saturated heterocycles. The average Bonchev–Trinajstić information content (AvgIpc) is 3.00. The largest absolute Gasteiger partial charge is 0.396 e. The second kappa shape index (κ2) is 5.20. The molecule has 0 aliphatic heterocycles. The van der Waals surface area contributed by atoms with Crippen LogP contribution in [0.2, 0.25) is 0 Å². The fourth-order valence-electron chi connectivity index (χ4n) is 2.00. The Morgan fingerprint density at radius 1 is 1.10 bits per heavy atom. The standard InChI is InChI=1S/C16H12FN3O/c17-14-8-11(6-7-15(14)18)16(21)12-9-19-20(10-12)13-4-2-1-3-5-13/h1-10H,18H2. The first-order valence-corrected chi connectivity index (χ1v) is 6.35. The van der Waals surface area contributed by atoms with Crippen LogP contribution < -0.4 is 5.73 Å². The number of halogens is 1. The molecular formula is C16H12FN3O. The van der Waals surface area contributed by atoms with Crippen LogP contribution >= 0.6 is 0 Å². The molecule has 3 rings (SSSR count). The number of benzene rings is 2. The summed E-state index contributed by atoms with van der Waals surface area (Å²) in [5.41, 5.74) is 6.91. The van der Waals surface area contributed by atoms with Gasteiger partial charge in [0.1, 0.15) is 5.82 Å². The lowest BCUT2D eigenvalue weighted by atomic mass is 10.1. The molecule has 0 aliphatic rings. The number of hydrogen-bond acceptors (Lipinski definition) is 3. The summed E-state index contributed by atoms with van der Waals surface area (Å²) >= 11 is 0. The van der Waals surface area contributed by atoms with E-state index < -0.39 is 5.82 Å². The number of aromatic nitrogens is 2. The minimum Gasteiger partial charge on any atom is -0.396 e. The topological polar surface area (TPSA) is 60.9 Å². The van der Waals surface area contributed by atoms with Crippen LogP contribution in [0.3, 0.4) is 0 Å². The zero-order valence-electron chi connectivity index (χ0n) is 11.0. The van der Waals surface area contributed by atoms with Crippen LogP contribution in [0.4, 0.5) is 10.1 Å². The molecule has 1 aromatic heterocycles. The van der Waals surface area contributed by atoms with E-state index in [9.17, 15) is 9.18 Å². The second-order valence-electron chi connectivity index (χ2n) is 4.57. The van der Waals surface area contributed by atoms with Gasteiger partial charge in [-0.3, -0.25) is 4.79 Å². The summed E-state index contributed by atoms with van der Waals surface area (Å²) in [6.07, 6.45) is 3.08. The van der Waals surface area contributed by atoms with Crippen molar-refractivity contribution in [3.05, 3.63) is 77.9 Å². The molecule has 0 amide bonds. The summed E-state index contributed by atoms with van der Waals surface area (Å²) in [5, 5.41) is 4.15. The number of rotatable bonds is 3. The van der Waals surface area contributed by atoms with Crippen LogP contribution in [0.15, 0.2) is 60.9 Å². The lowest BCUT2D eigenvalue weighted by Crippen LogP contribution is -2.02. The first kappa shape index (κ1) is 13.1.